The molecule has 0 N–H and O–H groups in total. The normalized spacial score (nSPS) is 15.5. The number of aromatic nitrogens is 5. The van der Waals surface area contributed by atoms with Gasteiger partial charge in [0.2, 0.25) is 5.28 Å². The number of hydrogen-bond acceptors (Lipinski definition) is 6. The van der Waals surface area contributed by atoms with Gasteiger partial charge >= 0.3 is 0 Å². The van der Waals surface area contributed by atoms with Crippen LogP contribution in [0.15, 0.2) is 17.1 Å². The minimum absolute atomic E-state index is 0.249. The zero-order valence-electron chi connectivity index (χ0n) is 12.3. The first kappa shape index (κ1) is 13.5. The van der Waals surface area contributed by atoms with Gasteiger partial charge in [0.25, 0.3) is 0 Å². The Kier molecular flexibility index (Phi) is 3.04. The number of anilines is 1. The second kappa shape index (κ2) is 4.95. The van der Waals surface area contributed by atoms with Crippen molar-refractivity contribution in [2.45, 2.75) is 26.3 Å². The van der Waals surface area contributed by atoms with E-state index in [-0.39, 0.29) is 5.28 Å². The Bertz CT molecular complexity index is 835. The quantitative estimate of drug-likeness (QED) is 0.690. The van der Waals surface area contributed by atoms with Crippen LogP contribution in [0.3, 0.4) is 0 Å². The van der Waals surface area contributed by atoms with E-state index in [9.17, 15) is 0 Å². The molecular formula is C14H15ClN6O. The van der Waals surface area contributed by atoms with Crippen molar-refractivity contribution in [1.82, 2.24) is 24.7 Å². The van der Waals surface area contributed by atoms with Crippen molar-refractivity contribution in [1.29, 1.82) is 0 Å². The van der Waals surface area contributed by atoms with Crippen LogP contribution >= 0.6 is 11.6 Å². The molecule has 3 aromatic rings. The average molecular weight is 319 g/mol. The van der Waals surface area contributed by atoms with Crippen LogP contribution < -0.4 is 4.90 Å². The molecule has 0 amide bonds. The fourth-order valence-electron chi connectivity index (χ4n) is 2.87. The third kappa shape index (κ3) is 1.96. The third-order valence-electron chi connectivity index (χ3n) is 4.11. The van der Waals surface area contributed by atoms with E-state index in [0.717, 1.165) is 47.9 Å². The summed E-state index contributed by atoms with van der Waals surface area (Å²) in [5.74, 6) is 1.15. The van der Waals surface area contributed by atoms with Gasteiger partial charge in [0.05, 0.1) is 12.0 Å². The van der Waals surface area contributed by atoms with E-state index in [2.05, 4.69) is 25.0 Å². The SMILES string of the molecule is CCn1cnc2c(N3CC(c4nocc4C)C3)nc(Cl)nc21. The average Bonchev–Trinajstić information content (AvgIpc) is 3.04. The standard InChI is InChI=1S/C14H15ClN6O/c1-3-20-7-16-11-12(20)17-14(15)18-13(11)21-4-9(5-21)10-8(2)6-22-19-10/h6-7,9H,3-5H2,1-2H3. The lowest BCUT2D eigenvalue weighted by atomic mass is 9.94. The van der Waals surface area contributed by atoms with Gasteiger partial charge < -0.3 is 14.0 Å². The van der Waals surface area contributed by atoms with Gasteiger partial charge in [-0.3, -0.25) is 0 Å². The molecule has 22 heavy (non-hydrogen) atoms. The van der Waals surface area contributed by atoms with Crippen LogP contribution in [0.5, 0.6) is 0 Å². The second-order valence-corrected chi connectivity index (χ2v) is 5.84. The first-order valence-corrected chi connectivity index (χ1v) is 7.59. The molecule has 3 aromatic heterocycles. The van der Waals surface area contributed by atoms with E-state index in [1.165, 1.54) is 0 Å². The lowest BCUT2D eigenvalue weighted by Crippen LogP contribution is -2.46. The molecule has 4 heterocycles. The van der Waals surface area contributed by atoms with E-state index >= 15 is 0 Å². The molecule has 0 unspecified atom stereocenters. The summed E-state index contributed by atoms with van der Waals surface area (Å²) in [6.45, 7) is 6.51. The number of fused-ring (bicyclic) bond motifs is 1. The van der Waals surface area contributed by atoms with Crippen LogP contribution in [-0.2, 0) is 6.54 Å². The van der Waals surface area contributed by atoms with Gasteiger partial charge in [0, 0.05) is 31.1 Å². The number of halogens is 1. The van der Waals surface area contributed by atoms with Gasteiger partial charge in [-0.1, -0.05) is 5.16 Å². The number of aryl methyl sites for hydroxylation is 2. The molecule has 8 heteroatoms. The Morgan fingerprint density at radius 2 is 2.18 bits per heavy atom. The van der Waals surface area contributed by atoms with E-state index in [1.807, 2.05) is 18.4 Å². The maximum Gasteiger partial charge on any atom is 0.226 e. The van der Waals surface area contributed by atoms with Crippen molar-refractivity contribution in [3.05, 3.63) is 29.1 Å². The molecule has 0 spiro atoms. The summed E-state index contributed by atoms with van der Waals surface area (Å²) in [5.41, 5.74) is 3.68. The zero-order valence-corrected chi connectivity index (χ0v) is 13.1. The summed E-state index contributed by atoms with van der Waals surface area (Å²) in [6, 6.07) is 0. The lowest BCUT2D eigenvalue weighted by Gasteiger charge is -2.39. The molecule has 1 saturated heterocycles. The van der Waals surface area contributed by atoms with Crippen LogP contribution in [-0.4, -0.2) is 37.8 Å². The van der Waals surface area contributed by atoms with Crippen molar-refractivity contribution >= 4 is 28.6 Å². The van der Waals surface area contributed by atoms with Crippen molar-refractivity contribution in [2.24, 2.45) is 0 Å². The van der Waals surface area contributed by atoms with E-state index in [0.29, 0.717) is 5.92 Å². The summed E-state index contributed by atoms with van der Waals surface area (Å²) in [5, 5.41) is 4.33. The van der Waals surface area contributed by atoms with Crippen LogP contribution in [0.4, 0.5) is 5.82 Å². The molecule has 0 aromatic carbocycles. The van der Waals surface area contributed by atoms with Crippen molar-refractivity contribution in [3.63, 3.8) is 0 Å². The van der Waals surface area contributed by atoms with Gasteiger partial charge in [-0.2, -0.15) is 9.97 Å². The van der Waals surface area contributed by atoms with Gasteiger partial charge in [0.1, 0.15) is 6.26 Å². The maximum absolute atomic E-state index is 6.08. The number of imidazole rings is 1. The highest BCUT2D eigenvalue weighted by atomic mass is 35.5. The predicted molar refractivity (Wildman–Crippen MR) is 82.2 cm³/mol. The Morgan fingerprint density at radius 1 is 1.36 bits per heavy atom. The molecule has 0 saturated carbocycles. The Morgan fingerprint density at radius 3 is 2.86 bits per heavy atom. The van der Waals surface area contributed by atoms with Crippen LogP contribution in [0.1, 0.15) is 24.1 Å². The van der Waals surface area contributed by atoms with E-state index in [1.54, 1.807) is 12.6 Å². The minimum Gasteiger partial charge on any atom is -0.364 e. The van der Waals surface area contributed by atoms with Crippen molar-refractivity contribution in [3.8, 4) is 0 Å². The molecule has 7 nitrogen and oxygen atoms in total. The molecule has 0 atom stereocenters. The summed E-state index contributed by atoms with van der Waals surface area (Å²) in [4.78, 5) is 15.3. The monoisotopic (exact) mass is 318 g/mol. The van der Waals surface area contributed by atoms with Gasteiger partial charge in [-0.15, -0.1) is 0 Å². The van der Waals surface area contributed by atoms with Gasteiger partial charge in [-0.05, 0) is 25.4 Å². The topological polar surface area (TPSA) is 72.9 Å². The Hall–Kier alpha value is -2.15. The van der Waals surface area contributed by atoms with E-state index < -0.39 is 0 Å². The molecule has 0 bridgehead atoms. The summed E-state index contributed by atoms with van der Waals surface area (Å²) in [6.07, 6.45) is 3.46. The molecule has 1 fully saturated rings. The Labute approximate surface area is 131 Å². The zero-order chi connectivity index (χ0) is 15.3. The highest BCUT2D eigenvalue weighted by Gasteiger charge is 2.34. The van der Waals surface area contributed by atoms with E-state index in [4.69, 9.17) is 16.1 Å². The van der Waals surface area contributed by atoms with Crippen molar-refractivity contribution in [2.75, 3.05) is 18.0 Å². The predicted octanol–water partition coefficient (Wildman–Crippen LogP) is 2.40. The fraction of sp³-hybridized carbons (Fsp3) is 0.429. The third-order valence-corrected chi connectivity index (χ3v) is 4.28. The largest absolute Gasteiger partial charge is 0.364 e. The molecule has 0 aliphatic carbocycles. The molecule has 0 radical (unpaired) electrons. The number of hydrogen-bond donors (Lipinski definition) is 0. The molecule has 1 aliphatic rings. The smallest absolute Gasteiger partial charge is 0.226 e. The Balaban J connectivity index is 1.66. The maximum atomic E-state index is 6.08. The molecule has 4 rings (SSSR count). The minimum atomic E-state index is 0.249. The van der Waals surface area contributed by atoms with Crippen LogP contribution in [0.2, 0.25) is 5.28 Å². The first-order valence-electron chi connectivity index (χ1n) is 7.21. The van der Waals surface area contributed by atoms with Crippen LogP contribution in [0, 0.1) is 6.92 Å². The lowest BCUT2D eigenvalue weighted by molar-refractivity contribution is 0.393. The van der Waals surface area contributed by atoms with Gasteiger partial charge in [0.15, 0.2) is 17.0 Å². The number of nitrogens with zero attached hydrogens (tertiary/aromatic N) is 6. The van der Waals surface area contributed by atoms with Gasteiger partial charge in [-0.25, -0.2) is 4.98 Å². The molecule has 1 aliphatic heterocycles. The summed E-state index contributed by atoms with van der Waals surface area (Å²) >= 11 is 6.08. The molecule has 114 valence electrons. The van der Waals surface area contributed by atoms with Crippen LogP contribution in [0.25, 0.3) is 11.2 Å². The van der Waals surface area contributed by atoms with Crippen molar-refractivity contribution < 1.29 is 4.52 Å². The summed E-state index contributed by atoms with van der Waals surface area (Å²) < 4.78 is 6.98. The highest BCUT2D eigenvalue weighted by Crippen LogP contribution is 2.34. The second-order valence-electron chi connectivity index (χ2n) is 5.50. The summed E-state index contributed by atoms with van der Waals surface area (Å²) in [7, 11) is 0. The highest BCUT2D eigenvalue weighted by molar-refractivity contribution is 6.28. The fourth-order valence-corrected chi connectivity index (χ4v) is 3.03. The number of rotatable bonds is 3. The first-order chi connectivity index (χ1) is 10.7. The molecular weight excluding hydrogens is 304 g/mol.